The monoisotopic (exact) mass is 328 g/mol. The van der Waals surface area contributed by atoms with Crippen LogP contribution >= 0.6 is 12.2 Å². The molecule has 2 aromatic carbocycles. The number of H-pyrrole nitrogens is 1. The fourth-order valence-corrected chi connectivity index (χ4v) is 2.38. The SMILES string of the molecule is Cc1cccc(NC(=S)N=Nc2c(O)[nH]c3c(F)cccc23)c1. The largest absolute Gasteiger partial charge is 0.493 e. The van der Waals surface area contributed by atoms with Crippen LogP contribution in [0.2, 0.25) is 0 Å². The third kappa shape index (κ3) is 3.19. The summed E-state index contributed by atoms with van der Waals surface area (Å²) in [4.78, 5) is 2.54. The van der Waals surface area contributed by atoms with Crippen molar-refractivity contribution in [2.45, 2.75) is 6.92 Å². The Labute approximate surface area is 136 Å². The number of azo groups is 1. The van der Waals surface area contributed by atoms with Gasteiger partial charge in [0.25, 0.3) is 0 Å². The van der Waals surface area contributed by atoms with Crippen molar-refractivity contribution in [3.8, 4) is 5.88 Å². The quantitative estimate of drug-likeness (QED) is 0.467. The number of aryl methyl sites for hydroxylation is 1. The Morgan fingerprint density at radius 1 is 1.26 bits per heavy atom. The van der Waals surface area contributed by atoms with E-state index in [-0.39, 0.29) is 22.2 Å². The van der Waals surface area contributed by atoms with Crippen molar-refractivity contribution in [1.29, 1.82) is 0 Å². The minimum absolute atomic E-state index is 0.140. The Morgan fingerprint density at radius 2 is 2.04 bits per heavy atom. The zero-order valence-electron chi connectivity index (χ0n) is 12.2. The number of fused-ring (bicyclic) bond motifs is 1. The first-order chi connectivity index (χ1) is 11.0. The lowest BCUT2D eigenvalue weighted by molar-refractivity contribution is 0.459. The first-order valence-electron chi connectivity index (χ1n) is 6.83. The standard InChI is InChI=1S/C16H13FN4OS/c1-9-4-2-5-10(8-9)18-16(23)21-20-14-11-6-3-7-12(17)13(11)19-15(14)22/h2-8,19,22H,1H3,(H,18,23). The van der Waals surface area contributed by atoms with Crippen molar-refractivity contribution in [2.24, 2.45) is 10.2 Å². The van der Waals surface area contributed by atoms with Gasteiger partial charge in [0.1, 0.15) is 5.82 Å². The van der Waals surface area contributed by atoms with Crippen LogP contribution in [0.1, 0.15) is 5.56 Å². The first-order valence-corrected chi connectivity index (χ1v) is 7.24. The zero-order chi connectivity index (χ0) is 16.4. The molecule has 3 aromatic rings. The third-order valence-electron chi connectivity index (χ3n) is 3.25. The molecule has 3 N–H and O–H groups in total. The van der Waals surface area contributed by atoms with Crippen LogP contribution in [0.5, 0.6) is 5.88 Å². The summed E-state index contributed by atoms with van der Waals surface area (Å²) in [6.45, 7) is 1.97. The van der Waals surface area contributed by atoms with Gasteiger partial charge in [0, 0.05) is 11.1 Å². The zero-order valence-corrected chi connectivity index (χ0v) is 13.0. The predicted octanol–water partition coefficient (Wildman–Crippen LogP) is 4.80. The lowest BCUT2D eigenvalue weighted by Gasteiger charge is -2.03. The summed E-state index contributed by atoms with van der Waals surface area (Å²) in [5, 5.41) is 21.2. The number of nitrogens with one attached hydrogen (secondary N) is 2. The van der Waals surface area contributed by atoms with Gasteiger partial charge in [-0.3, -0.25) is 0 Å². The molecule has 0 atom stereocenters. The number of para-hydroxylation sites is 1. The van der Waals surface area contributed by atoms with E-state index < -0.39 is 5.82 Å². The average molecular weight is 328 g/mol. The molecule has 23 heavy (non-hydrogen) atoms. The molecule has 0 fully saturated rings. The summed E-state index contributed by atoms with van der Waals surface area (Å²) in [5.74, 6) is -0.730. The van der Waals surface area contributed by atoms with Crippen LogP contribution in [0.15, 0.2) is 52.7 Å². The van der Waals surface area contributed by atoms with E-state index in [2.05, 4.69) is 20.5 Å². The number of aromatic nitrogens is 1. The summed E-state index contributed by atoms with van der Waals surface area (Å²) in [7, 11) is 0. The normalized spacial score (nSPS) is 11.2. The molecular weight excluding hydrogens is 315 g/mol. The van der Waals surface area contributed by atoms with Gasteiger partial charge in [0.05, 0.1) is 5.52 Å². The number of hydrogen-bond acceptors (Lipinski definition) is 3. The molecule has 1 heterocycles. The van der Waals surface area contributed by atoms with Crippen molar-refractivity contribution in [1.82, 2.24) is 4.98 Å². The van der Waals surface area contributed by atoms with E-state index in [1.54, 1.807) is 6.07 Å². The van der Waals surface area contributed by atoms with E-state index in [4.69, 9.17) is 12.2 Å². The lowest BCUT2D eigenvalue weighted by atomic mass is 10.2. The molecule has 0 aliphatic heterocycles. The minimum Gasteiger partial charge on any atom is -0.493 e. The van der Waals surface area contributed by atoms with Crippen molar-refractivity contribution in [3.63, 3.8) is 0 Å². The molecule has 3 rings (SSSR count). The number of nitrogens with zero attached hydrogens (tertiary/aromatic N) is 2. The average Bonchev–Trinajstić information content (AvgIpc) is 2.82. The van der Waals surface area contributed by atoms with Gasteiger partial charge < -0.3 is 15.4 Å². The first kappa shape index (κ1) is 15.1. The Hall–Kier alpha value is -2.80. The molecule has 0 bridgehead atoms. The number of anilines is 1. The number of benzene rings is 2. The Balaban J connectivity index is 1.84. The van der Waals surface area contributed by atoms with Crippen LogP contribution in [-0.4, -0.2) is 15.2 Å². The fourth-order valence-electron chi connectivity index (χ4n) is 2.22. The number of thiocarbonyl (C=S) groups is 1. The molecule has 0 saturated heterocycles. The highest BCUT2D eigenvalue weighted by molar-refractivity contribution is 7.80. The highest BCUT2D eigenvalue weighted by Crippen LogP contribution is 2.36. The van der Waals surface area contributed by atoms with E-state index in [1.165, 1.54) is 12.1 Å². The van der Waals surface area contributed by atoms with Gasteiger partial charge in [0.2, 0.25) is 11.0 Å². The summed E-state index contributed by atoms with van der Waals surface area (Å²) in [5.41, 5.74) is 2.20. The number of aromatic hydroxyl groups is 1. The van der Waals surface area contributed by atoms with Crippen molar-refractivity contribution < 1.29 is 9.50 Å². The van der Waals surface area contributed by atoms with E-state index in [9.17, 15) is 9.50 Å². The van der Waals surface area contributed by atoms with Crippen LogP contribution < -0.4 is 5.32 Å². The molecule has 0 amide bonds. The van der Waals surface area contributed by atoms with E-state index in [0.29, 0.717) is 5.39 Å². The molecule has 0 radical (unpaired) electrons. The third-order valence-corrected chi connectivity index (χ3v) is 3.43. The Bertz CT molecular complexity index is 920. The molecule has 7 heteroatoms. The van der Waals surface area contributed by atoms with Gasteiger partial charge >= 0.3 is 0 Å². The van der Waals surface area contributed by atoms with Gasteiger partial charge in [0.15, 0.2) is 5.69 Å². The summed E-state index contributed by atoms with van der Waals surface area (Å²) >= 11 is 5.11. The maximum Gasteiger partial charge on any atom is 0.218 e. The van der Waals surface area contributed by atoms with Crippen LogP contribution in [-0.2, 0) is 0 Å². The molecule has 116 valence electrons. The molecule has 0 saturated carbocycles. The van der Waals surface area contributed by atoms with Crippen molar-refractivity contribution in [3.05, 3.63) is 53.8 Å². The smallest absolute Gasteiger partial charge is 0.218 e. The number of aromatic amines is 1. The van der Waals surface area contributed by atoms with Gasteiger partial charge in [-0.05, 0) is 42.9 Å². The second-order valence-corrected chi connectivity index (χ2v) is 5.37. The fraction of sp³-hybridized carbons (Fsp3) is 0.0625. The van der Waals surface area contributed by atoms with Crippen molar-refractivity contribution in [2.75, 3.05) is 5.32 Å². The molecule has 0 unspecified atom stereocenters. The molecule has 0 aliphatic carbocycles. The van der Waals surface area contributed by atoms with Crippen LogP contribution in [0.25, 0.3) is 10.9 Å². The summed E-state index contributed by atoms with van der Waals surface area (Å²) < 4.78 is 13.7. The molecule has 0 aliphatic rings. The molecular formula is C16H13FN4OS. The lowest BCUT2D eigenvalue weighted by Crippen LogP contribution is -2.04. The number of halogens is 1. The van der Waals surface area contributed by atoms with E-state index in [0.717, 1.165) is 11.3 Å². The Kier molecular flexibility index (Phi) is 4.03. The minimum atomic E-state index is -0.472. The van der Waals surface area contributed by atoms with Gasteiger partial charge in [-0.25, -0.2) is 4.39 Å². The number of hydrogen-bond donors (Lipinski definition) is 3. The van der Waals surface area contributed by atoms with Crippen LogP contribution in [0.4, 0.5) is 15.8 Å². The predicted molar refractivity (Wildman–Crippen MR) is 91.8 cm³/mol. The number of rotatable bonds is 2. The second kappa shape index (κ2) is 6.13. The van der Waals surface area contributed by atoms with Crippen LogP contribution in [0, 0.1) is 12.7 Å². The highest BCUT2D eigenvalue weighted by atomic mass is 32.1. The molecule has 5 nitrogen and oxygen atoms in total. The second-order valence-electron chi connectivity index (χ2n) is 4.98. The molecule has 0 spiro atoms. The van der Waals surface area contributed by atoms with Gasteiger partial charge in [-0.1, -0.05) is 24.3 Å². The topological polar surface area (TPSA) is 72.8 Å². The summed E-state index contributed by atoms with van der Waals surface area (Å²) in [6.07, 6.45) is 0. The van der Waals surface area contributed by atoms with Gasteiger partial charge in [-0.2, -0.15) is 0 Å². The summed E-state index contributed by atoms with van der Waals surface area (Å²) in [6, 6.07) is 12.1. The van der Waals surface area contributed by atoms with Gasteiger partial charge in [-0.15, -0.1) is 10.2 Å². The van der Waals surface area contributed by atoms with E-state index in [1.807, 2.05) is 31.2 Å². The van der Waals surface area contributed by atoms with Crippen molar-refractivity contribution >= 4 is 39.6 Å². The highest BCUT2D eigenvalue weighted by Gasteiger charge is 2.13. The molecule has 1 aromatic heterocycles. The van der Waals surface area contributed by atoms with Crippen LogP contribution in [0.3, 0.4) is 0 Å². The maximum absolute atomic E-state index is 13.7. The Morgan fingerprint density at radius 3 is 2.83 bits per heavy atom. The van der Waals surface area contributed by atoms with E-state index >= 15 is 0 Å². The maximum atomic E-state index is 13.7.